The highest BCUT2D eigenvalue weighted by atomic mass is 19.4. The highest BCUT2D eigenvalue weighted by molar-refractivity contribution is 5.99. The summed E-state index contributed by atoms with van der Waals surface area (Å²) < 4.78 is 82.5. The predicted octanol–water partition coefficient (Wildman–Crippen LogP) is 4.20. The quantitative estimate of drug-likeness (QED) is 0.707. The summed E-state index contributed by atoms with van der Waals surface area (Å²) in [5.74, 6) is -1.85. The maximum atomic E-state index is 13.0. The van der Waals surface area contributed by atoms with Crippen LogP contribution in [0.25, 0.3) is 0 Å². The number of alkyl halides is 6. The lowest BCUT2D eigenvalue weighted by Crippen LogP contribution is -2.38. The number of carbonyl (C=O) groups excluding carboxylic acids is 2. The van der Waals surface area contributed by atoms with Crippen molar-refractivity contribution >= 4 is 17.6 Å². The molecule has 0 saturated carbocycles. The molecule has 12 heteroatoms. The molecule has 1 aromatic carbocycles. The molecule has 2 amide bonds. The minimum absolute atomic E-state index is 0.0392. The summed E-state index contributed by atoms with van der Waals surface area (Å²) in [6.45, 7) is 0.961. The molecule has 0 aliphatic heterocycles. The zero-order chi connectivity index (χ0) is 21.8. The van der Waals surface area contributed by atoms with Gasteiger partial charge in [0.2, 0.25) is 5.91 Å². The van der Waals surface area contributed by atoms with Crippen LogP contribution in [-0.2, 0) is 17.1 Å². The third kappa shape index (κ3) is 5.96. The fraction of sp³-hybridized carbons (Fsp3) is 0.353. The second-order valence-corrected chi connectivity index (χ2v) is 5.95. The molecule has 6 nitrogen and oxygen atoms in total. The van der Waals surface area contributed by atoms with Crippen molar-refractivity contribution in [1.82, 2.24) is 10.1 Å². The van der Waals surface area contributed by atoms with E-state index in [4.69, 9.17) is 0 Å². The van der Waals surface area contributed by atoms with Gasteiger partial charge >= 0.3 is 12.4 Å². The van der Waals surface area contributed by atoms with Gasteiger partial charge < -0.3 is 14.7 Å². The maximum absolute atomic E-state index is 13.0. The first-order valence-electron chi connectivity index (χ1n) is 8.20. The summed E-state index contributed by atoms with van der Waals surface area (Å²) in [7, 11) is 0. The SMILES string of the molecule is CCCN(CC(=O)Nc1ccon1)C(=O)c1cc(C(F)(F)F)cc(C(F)(F)F)c1. The molecule has 0 radical (unpaired) electrons. The van der Waals surface area contributed by atoms with Gasteiger partial charge in [0.05, 0.1) is 11.1 Å². The molecule has 0 fully saturated rings. The fourth-order valence-electron chi connectivity index (χ4n) is 2.42. The van der Waals surface area contributed by atoms with Crippen LogP contribution < -0.4 is 5.32 Å². The van der Waals surface area contributed by atoms with Crippen LogP contribution in [0.1, 0.15) is 34.8 Å². The summed E-state index contributed by atoms with van der Waals surface area (Å²) in [4.78, 5) is 25.5. The number of carbonyl (C=O) groups is 2. The van der Waals surface area contributed by atoms with Crippen LogP contribution in [0.4, 0.5) is 32.2 Å². The molecule has 0 spiro atoms. The summed E-state index contributed by atoms with van der Waals surface area (Å²) >= 11 is 0. The molecule has 1 N–H and O–H groups in total. The molecular formula is C17H15F6N3O3. The van der Waals surface area contributed by atoms with Crippen LogP contribution in [0.15, 0.2) is 35.1 Å². The summed E-state index contributed by atoms with van der Waals surface area (Å²) in [6.07, 6.45) is -8.69. The first kappa shape index (κ1) is 22.2. The van der Waals surface area contributed by atoms with E-state index in [1.165, 1.54) is 12.3 Å². The van der Waals surface area contributed by atoms with E-state index >= 15 is 0 Å². The van der Waals surface area contributed by atoms with E-state index in [1.54, 1.807) is 6.92 Å². The number of benzene rings is 1. The van der Waals surface area contributed by atoms with Crippen LogP contribution in [0, 0.1) is 0 Å². The number of aromatic nitrogens is 1. The Labute approximate surface area is 160 Å². The van der Waals surface area contributed by atoms with Gasteiger partial charge in [-0.25, -0.2) is 0 Å². The number of nitrogens with zero attached hydrogens (tertiary/aromatic N) is 2. The average molecular weight is 423 g/mol. The van der Waals surface area contributed by atoms with E-state index in [1.807, 2.05) is 0 Å². The van der Waals surface area contributed by atoms with Gasteiger partial charge in [0.15, 0.2) is 5.82 Å². The third-order valence-electron chi connectivity index (χ3n) is 3.66. The number of anilines is 1. The molecule has 0 aliphatic rings. The van der Waals surface area contributed by atoms with Gasteiger partial charge in [-0.1, -0.05) is 12.1 Å². The van der Waals surface area contributed by atoms with Crippen molar-refractivity contribution in [3.63, 3.8) is 0 Å². The van der Waals surface area contributed by atoms with Crippen LogP contribution >= 0.6 is 0 Å². The van der Waals surface area contributed by atoms with Crippen molar-refractivity contribution < 1.29 is 40.5 Å². The van der Waals surface area contributed by atoms with Gasteiger partial charge in [0, 0.05) is 18.2 Å². The monoisotopic (exact) mass is 423 g/mol. The summed E-state index contributed by atoms with van der Waals surface area (Å²) in [6, 6.07) is 1.90. The molecular weight excluding hydrogens is 408 g/mol. The normalized spacial score (nSPS) is 12.0. The van der Waals surface area contributed by atoms with E-state index in [-0.39, 0.29) is 18.4 Å². The van der Waals surface area contributed by atoms with Gasteiger partial charge in [-0.3, -0.25) is 9.59 Å². The van der Waals surface area contributed by atoms with Gasteiger partial charge in [-0.2, -0.15) is 26.3 Å². The number of hydrogen-bond donors (Lipinski definition) is 1. The molecule has 1 aromatic heterocycles. The minimum Gasteiger partial charge on any atom is -0.363 e. The number of halogens is 6. The van der Waals surface area contributed by atoms with Crippen molar-refractivity contribution in [3.8, 4) is 0 Å². The lowest BCUT2D eigenvalue weighted by Gasteiger charge is -2.22. The molecule has 158 valence electrons. The van der Waals surface area contributed by atoms with Gasteiger partial charge in [0.25, 0.3) is 5.91 Å². The van der Waals surface area contributed by atoms with E-state index in [0.29, 0.717) is 18.6 Å². The molecule has 2 rings (SSSR count). The van der Waals surface area contributed by atoms with Crippen molar-refractivity contribution in [2.24, 2.45) is 0 Å². The smallest absolute Gasteiger partial charge is 0.363 e. The topological polar surface area (TPSA) is 75.4 Å². The van der Waals surface area contributed by atoms with E-state index in [9.17, 15) is 35.9 Å². The second kappa shape index (κ2) is 8.53. The molecule has 29 heavy (non-hydrogen) atoms. The Balaban J connectivity index is 2.33. The Morgan fingerprint density at radius 3 is 2.10 bits per heavy atom. The summed E-state index contributed by atoms with van der Waals surface area (Å²) in [5.41, 5.74) is -4.05. The highest BCUT2D eigenvalue weighted by Gasteiger charge is 2.38. The Hall–Kier alpha value is -3.05. The lowest BCUT2D eigenvalue weighted by atomic mass is 10.0. The van der Waals surface area contributed by atoms with Crippen LogP contribution in [0.2, 0.25) is 0 Å². The Bertz CT molecular complexity index is 830. The van der Waals surface area contributed by atoms with Crippen LogP contribution in [-0.4, -0.2) is 35.0 Å². The van der Waals surface area contributed by atoms with Crippen molar-refractivity contribution in [1.29, 1.82) is 0 Å². The van der Waals surface area contributed by atoms with Crippen LogP contribution in [0.5, 0.6) is 0 Å². The number of amides is 2. The Morgan fingerprint density at radius 2 is 1.66 bits per heavy atom. The largest absolute Gasteiger partial charge is 0.416 e. The predicted molar refractivity (Wildman–Crippen MR) is 87.8 cm³/mol. The summed E-state index contributed by atoms with van der Waals surface area (Å²) in [5, 5.41) is 5.72. The molecule has 0 unspecified atom stereocenters. The molecule has 0 saturated heterocycles. The van der Waals surface area contributed by atoms with E-state index < -0.39 is 47.4 Å². The molecule has 2 aromatic rings. The van der Waals surface area contributed by atoms with Gasteiger partial charge in [-0.15, -0.1) is 0 Å². The molecule has 0 atom stereocenters. The van der Waals surface area contributed by atoms with Gasteiger partial charge in [-0.05, 0) is 24.6 Å². The van der Waals surface area contributed by atoms with E-state index in [2.05, 4.69) is 15.0 Å². The van der Waals surface area contributed by atoms with E-state index in [0.717, 1.165) is 4.90 Å². The molecule has 1 heterocycles. The number of nitrogens with one attached hydrogen (secondary N) is 1. The Morgan fingerprint density at radius 1 is 1.07 bits per heavy atom. The molecule has 0 aliphatic carbocycles. The average Bonchev–Trinajstić information content (AvgIpc) is 3.11. The number of rotatable bonds is 6. The zero-order valence-electron chi connectivity index (χ0n) is 14.9. The van der Waals surface area contributed by atoms with Gasteiger partial charge in [0.1, 0.15) is 12.8 Å². The zero-order valence-corrected chi connectivity index (χ0v) is 14.9. The first-order chi connectivity index (χ1) is 13.4. The fourth-order valence-corrected chi connectivity index (χ4v) is 2.42. The standard InChI is InChI=1S/C17H15F6N3O3/c1-2-4-26(9-14(27)24-13-3-5-29-25-13)15(28)10-6-11(16(18,19)20)8-12(7-10)17(21,22)23/h3,5-8H,2,4,9H2,1H3,(H,24,25,27). The minimum atomic E-state index is -5.09. The molecule has 0 bridgehead atoms. The highest BCUT2D eigenvalue weighted by Crippen LogP contribution is 2.36. The number of hydrogen-bond acceptors (Lipinski definition) is 4. The second-order valence-electron chi connectivity index (χ2n) is 5.95. The van der Waals surface area contributed by atoms with Crippen molar-refractivity contribution in [2.45, 2.75) is 25.7 Å². The first-order valence-corrected chi connectivity index (χ1v) is 8.20. The lowest BCUT2D eigenvalue weighted by molar-refractivity contribution is -0.143. The van der Waals surface area contributed by atoms with Crippen LogP contribution in [0.3, 0.4) is 0 Å². The van der Waals surface area contributed by atoms with Crippen molar-refractivity contribution in [2.75, 3.05) is 18.4 Å². The van der Waals surface area contributed by atoms with Crippen molar-refractivity contribution in [3.05, 3.63) is 47.2 Å². The maximum Gasteiger partial charge on any atom is 0.416 e. The Kier molecular flexibility index (Phi) is 6.55. The third-order valence-corrected chi connectivity index (χ3v) is 3.66.